The third-order valence-electron chi connectivity index (χ3n) is 3.77. The van der Waals surface area contributed by atoms with Crippen molar-refractivity contribution in [1.29, 1.82) is 0 Å². The van der Waals surface area contributed by atoms with E-state index in [0.29, 0.717) is 0 Å². The van der Waals surface area contributed by atoms with Gasteiger partial charge in [-0.05, 0) is 72.1 Å². The Balaban J connectivity index is 4.36. The molecule has 0 nitrogen and oxygen atoms in total. The molecule has 0 bridgehead atoms. The van der Waals surface area contributed by atoms with E-state index in [0.717, 1.165) is 19.3 Å². The summed E-state index contributed by atoms with van der Waals surface area (Å²) >= 11 is 0. The fourth-order valence-electron chi connectivity index (χ4n) is 2.08. The average molecular weight is 274 g/mol. The highest BCUT2D eigenvalue weighted by molar-refractivity contribution is 5.07. The smallest absolute Gasteiger partial charge is 0.0112 e. The fourth-order valence-corrected chi connectivity index (χ4v) is 2.08. The van der Waals surface area contributed by atoms with Crippen molar-refractivity contribution in [2.45, 2.75) is 73.6 Å². The molecule has 0 heterocycles. The molecule has 114 valence electrons. The van der Waals surface area contributed by atoms with Gasteiger partial charge in [0.05, 0.1) is 0 Å². The lowest BCUT2D eigenvalue weighted by molar-refractivity contribution is 0.400. The van der Waals surface area contributed by atoms with Crippen LogP contribution < -0.4 is 0 Å². The first-order valence-corrected chi connectivity index (χ1v) is 7.85. The normalized spacial score (nSPS) is 14.4. The first kappa shape index (κ1) is 19.0. The molecule has 0 N–H and O–H groups in total. The summed E-state index contributed by atoms with van der Waals surface area (Å²) in [6.45, 7) is 17.3. The minimum Gasteiger partial charge on any atom is -0.103 e. The fraction of sp³-hybridized carbons (Fsp3) is 0.600. The second-order valence-corrected chi connectivity index (χ2v) is 6.75. The first-order chi connectivity index (χ1) is 9.29. The minimum absolute atomic E-state index is 0.226. The average Bonchev–Trinajstić information content (AvgIpc) is 2.35. The molecule has 20 heavy (non-hydrogen) atoms. The summed E-state index contributed by atoms with van der Waals surface area (Å²) in [5.74, 6) is 0. The van der Waals surface area contributed by atoms with Crippen LogP contribution in [0.3, 0.4) is 0 Å². The van der Waals surface area contributed by atoms with Crippen LogP contribution in [-0.2, 0) is 0 Å². The third kappa shape index (κ3) is 9.83. The largest absolute Gasteiger partial charge is 0.103 e. The first-order valence-electron chi connectivity index (χ1n) is 7.85. The molecular weight excluding hydrogens is 240 g/mol. The van der Waals surface area contributed by atoms with Crippen LogP contribution in [0.15, 0.2) is 47.6 Å². The van der Waals surface area contributed by atoms with Crippen LogP contribution in [0.1, 0.15) is 73.6 Å². The Morgan fingerprint density at radius 2 is 1.45 bits per heavy atom. The van der Waals surface area contributed by atoms with Crippen molar-refractivity contribution in [2.24, 2.45) is 5.41 Å². The van der Waals surface area contributed by atoms with Crippen molar-refractivity contribution < 1.29 is 0 Å². The van der Waals surface area contributed by atoms with Crippen LogP contribution in [0.5, 0.6) is 0 Å². The summed E-state index contributed by atoms with van der Waals surface area (Å²) in [5, 5.41) is 0. The van der Waals surface area contributed by atoms with E-state index < -0.39 is 0 Å². The lowest BCUT2D eigenvalue weighted by Gasteiger charge is -2.24. The maximum absolute atomic E-state index is 4.03. The van der Waals surface area contributed by atoms with E-state index >= 15 is 0 Å². The van der Waals surface area contributed by atoms with E-state index in [2.05, 4.69) is 72.4 Å². The number of allylic oxidation sites excluding steroid dienone is 7. The van der Waals surface area contributed by atoms with Crippen molar-refractivity contribution in [2.75, 3.05) is 0 Å². The summed E-state index contributed by atoms with van der Waals surface area (Å²) < 4.78 is 0. The zero-order chi connectivity index (χ0) is 15.6. The predicted octanol–water partition coefficient (Wildman–Crippen LogP) is 7.01. The maximum atomic E-state index is 4.03. The second-order valence-electron chi connectivity index (χ2n) is 6.75. The highest BCUT2D eigenvalue weighted by Crippen LogP contribution is 2.30. The minimum atomic E-state index is 0.226. The van der Waals surface area contributed by atoms with Crippen molar-refractivity contribution in [1.82, 2.24) is 0 Å². The van der Waals surface area contributed by atoms with Gasteiger partial charge in [0.15, 0.2) is 0 Å². The molecule has 0 aliphatic rings. The predicted molar refractivity (Wildman–Crippen MR) is 94.0 cm³/mol. The molecule has 0 saturated heterocycles. The molecule has 1 atom stereocenters. The monoisotopic (exact) mass is 274 g/mol. The molecule has 0 fully saturated rings. The van der Waals surface area contributed by atoms with Crippen molar-refractivity contribution in [3.63, 3.8) is 0 Å². The summed E-state index contributed by atoms with van der Waals surface area (Å²) in [4.78, 5) is 0. The molecule has 0 aromatic rings. The number of rotatable bonds is 9. The Kier molecular flexibility index (Phi) is 9.29. The molecule has 0 aliphatic carbocycles. The zero-order valence-electron chi connectivity index (χ0n) is 14.6. The summed E-state index contributed by atoms with van der Waals surface area (Å²) in [7, 11) is 0. The molecule has 0 radical (unpaired) electrons. The number of hydrogen-bond donors (Lipinski definition) is 0. The van der Waals surface area contributed by atoms with Gasteiger partial charge in [-0.2, -0.15) is 0 Å². The quantitative estimate of drug-likeness (QED) is 0.397. The van der Waals surface area contributed by atoms with Crippen LogP contribution in [-0.4, -0.2) is 0 Å². The zero-order valence-corrected chi connectivity index (χ0v) is 14.6. The van der Waals surface area contributed by atoms with Gasteiger partial charge >= 0.3 is 0 Å². The van der Waals surface area contributed by atoms with Crippen molar-refractivity contribution in [3.05, 3.63) is 47.6 Å². The van der Waals surface area contributed by atoms with Gasteiger partial charge in [0, 0.05) is 0 Å². The van der Waals surface area contributed by atoms with Gasteiger partial charge in [-0.3, -0.25) is 0 Å². The van der Waals surface area contributed by atoms with E-state index in [-0.39, 0.29) is 5.41 Å². The Hall–Kier alpha value is -1.04. The SMILES string of the molecule is C=CC(C)(CC=C(C)CCC=C(C)C)CCC=C(C)C. The lowest BCUT2D eigenvalue weighted by Crippen LogP contribution is -2.11. The highest BCUT2D eigenvalue weighted by Gasteiger charge is 2.17. The molecule has 0 amide bonds. The Bertz CT molecular complexity index is 371. The van der Waals surface area contributed by atoms with Gasteiger partial charge < -0.3 is 0 Å². The third-order valence-corrected chi connectivity index (χ3v) is 3.77. The maximum Gasteiger partial charge on any atom is -0.0112 e. The molecule has 1 unspecified atom stereocenters. The van der Waals surface area contributed by atoms with Crippen LogP contribution in [0.25, 0.3) is 0 Å². The Morgan fingerprint density at radius 3 is 1.95 bits per heavy atom. The molecular formula is C20H34. The lowest BCUT2D eigenvalue weighted by atomic mass is 9.81. The molecule has 0 rings (SSSR count). The van der Waals surface area contributed by atoms with Crippen LogP contribution in [0.4, 0.5) is 0 Å². The molecule has 0 aliphatic heterocycles. The van der Waals surface area contributed by atoms with Gasteiger partial charge in [0.2, 0.25) is 0 Å². The van der Waals surface area contributed by atoms with Gasteiger partial charge in [0.25, 0.3) is 0 Å². The van der Waals surface area contributed by atoms with Crippen LogP contribution >= 0.6 is 0 Å². The molecule has 0 aromatic carbocycles. The second kappa shape index (κ2) is 9.80. The summed E-state index contributed by atoms with van der Waals surface area (Å²) in [5.41, 5.74) is 4.54. The molecule has 0 heteroatoms. The molecule has 0 saturated carbocycles. The molecule has 0 aromatic heterocycles. The van der Waals surface area contributed by atoms with E-state index in [9.17, 15) is 0 Å². The van der Waals surface area contributed by atoms with Gasteiger partial charge in [-0.1, -0.05) is 47.9 Å². The van der Waals surface area contributed by atoms with E-state index in [4.69, 9.17) is 0 Å². The standard InChI is InChI=1S/C20H34/c1-8-20(7,15-10-12-18(4)5)16-14-19(6)13-9-11-17(2)3/h8,11-12,14H,1,9-10,13,15-16H2,2-7H3. The van der Waals surface area contributed by atoms with Gasteiger partial charge in [-0.25, -0.2) is 0 Å². The van der Waals surface area contributed by atoms with Crippen LogP contribution in [0.2, 0.25) is 0 Å². The van der Waals surface area contributed by atoms with Gasteiger partial charge in [-0.15, -0.1) is 6.58 Å². The summed E-state index contributed by atoms with van der Waals surface area (Å²) in [6, 6.07) is 0. The summed E-state index contributed by atoms with van der Waals surface area (Å²) in [6.07, 6.45) is 14.9. The van der Waals surface area contributed by atoms with Gasteiger partial charge in [0.1, 0.15) is 0 Å². The van der Waals surface area contributed by atoms with E-state index in [1.54, 1.807) is 0 Å². The molecule has 0 spiro atoms. The van der Waals surface area contributed by atoms with Crippen LogP contribution in [0, 0.1) is 5.41 Å². The number of hydrogen-bond acceptors (Lipinski definition) is 0. The van der Waals surface area contributed by atoms with E-state index in [1.807, 2.05) is 0 Å². The van der Waals surface area contributed by atoms with Crippen molar-refractivity contribution in [3.8, 4) is 0 Å². The topological polar surface area (TPSA) is 0 Å². The Morgan fingerprint density at radius 1 is 0.900 bits per heavy atom. The van der Waals surface area contributed by atoms with E-state index in [1.165, 1.54) is 29.6 Å². The van der Waals surface area contributed by atoms with Crippen molar-refractivity contribution >= 4 is 0 Å². The highest BCUT2D eigenvalue weighted by atomic mass is 14.2. The Labute approximate surface area is 127 Å².